The van der Waals surface area contributed by atoms with E-state index >= 15 is 0 Å². The molecule has 20 heavy (non-hydrogen) atoms. The number of hydrogen-bond acceptors (Lipinski definition) is 3. The molecule has 2 aromatic carbocycles. The normalized spacial score (nSPS) is 11.2. The third-order valence-corrected chi connectivity index (χ3v) is 4.24. The summed E-state index contributed by atoms with van der Waals surface area (Å²) in [5, 5.41) is 2.15. The number of rotatable bonds is 2. The Morgan fingerprint density at radius 2 is 1.95 bits per heavy atom. The first-order chi connectivity index (χ1) is 9.86. The molecule has 0 aliphatic heterocycles. The second kappa shape index (κ2) is 4.35. The van der Waals surface area contributed by atoms with Crippen LogP contribution in [0.4, 0.5) is 0 Å². The van der Waals surface area contributed by atoms with E-state index in [9.17, 15) is 0 Å². The molecule has 0 saturated heterocycles. The minimum absolute atomic E-state index is 0.838. The Kier molecular flexibility index (Phi) is 2.50. The van der Waals surface area contributed by atoms with Gasteiger partial charge in [0.15, 0.2) is 4.96 Å². The van der Waals surface area contributed by atoms with Gasteiger partial charge in [-0.25, -0.2) is 4.98 Å². The molecule has 0 radical (unpaired) electrons. The summed E-state index contributed by atoms with van der Waals surface area (Å²) in [7, 11) is 1.68. The molecule has 2 aromatic heterocycles. The molecule has 0 unspecified atom stereocenters. The summed E-state index contributed by atoms with van der Waals surface area (Å²) in [6, 6.07) is 16.4. The summed E-state index contributed by atoms with van der Waals surface area (Å²) in [6.07, 6.45) is 0. The molecule has 0 fully saturated rings. The highest BCUT2D eigenvalue weighted by Gasteiger charge is 2.12. The number of thiazole rings is 1. The molecule has 0 bridgehead atoms. The monoisotopic (exact) mass is 280 g/mol. The van der Waals surface area contributed by atoms with Crippen LogP contribution in [0.25, 0.3) is 27.3 Å². The van der Waals surface area contributed by atoms with Crippen LogP contribution in [0.2, 0.25) is 0 Å². The van der Waals surface area contributed by atoms with Crippen LogP contribution in [0, 0.1) is 0 Å². The van der Waals surface area contributed by atoms with Crippen LogP contribution in [0.1, 0.15) is 0 Å². The lowest BCUT2D eigenvalue weighted by Gasteiger charge is -2.02. The van der Waals surface area contributed by atoms with Crippen molar-refractivity contribution in [2.45, 2.75) is 0 Å². The quantitative estimate of drug-likeness (QED) is 0.549. The van der Waals surface area contributed by atoms with E-state index in [1.165, 1.54) is 11.3 Å². The van der Waals surface area contributed by atoms with Gasteiger partial charge in [-0.3, -0.25) is 4.40 Å². The molecule has 3 nitrogen and oxygen atoms in total. The number of nitrogens with zero attached hydrogens (tertiary/aromatic N) is 2. The molecule has 0 saturated carbocycles. The van der Waals surface area contributed by atoms with E-state index in [1.807, 2.05) is 18.2 Å². The molecule has 0 aliphatic rings. The third kappa shape index (κ3) is 1.62. The summed E-state index contributed by atoms with van der Waals surface area (Å²) in [6.45, 7) is 0. The smallest absolute Gasteiger partial charge is 0.195 e. The van der Waals surface area contributed by atoms with E-state index in [0.717, 1.165) is 21.7 Å². The van der Waals surface area contributed by atoms with Gasteiger partial charge < -0.3 is 4.74 Å². The van der Waals surface area contributed by atoms with Crippen molar-refractivity contribution < 1.29 is 4.74 Å². The van der Waals surface area contributed by atoms with Crippen LogP contribution >= 0.6 is 11.3 Å². The predicted octanol–water partition coefficient (Wildman–Crippen LogP) is 4.22. The van der Waals surface area contributed by atoms with Crippen molar-refractivity contribution in [2.24, 2.45) is 0 Å². The lowest BCUT2D eigenvalue weighted by Crippen LogP contribution is -1.86. The molecule has 0 aliphatic carbocycles. The largest absolute Gasteiger partial charge is 0.497 e. The molecule has 0 N–H and O–H groups in total. The average Bonchev–Trinajstić information content (AvgIpc) is 3.06. The Balaban J connectivity index is 2.04. The number of imidazole rings is 1. The first kappa shape index (κ1) is 11.5. The SMILES string of the molecule is COc1ccc2c(c1)nc1scc(-c3ccccc3)n12. The highest BCUT2D eigenvalue weighted by Crippen LogP contribution is 2.31. The van der Waals surface area contributed by atoms with Crippen molar-refractivity contribution >= 4 is 27.3 Å². The molecule has 4 rings (SSSR count). The fraction of sp³-hybridized carbons (Fsp3) is 0.0625. The maximum absolute atomic E-state index is 5.26. The zero-order valence-electron chi connectivity index (χ0n) is 10.9. The van der Waals surface area contributed by atoms with Gasteiger partial charge in [0.1, 0.15) is 5.75 Å². The molecule has 4 heteroatoms. The van der Waals surface area contributed by atoms with E-state index < -0.39 is 0 Å². The number of aromatic nitrogens is 2. The number of ether oxygens (including phenoxy) is 1. The maximum atomic E-state index is 5.26. The van der Waals surface area contributed by atoms with E-state index in [1.54, 1.807) is 18.4 Å². The van der Waals surface area contributed by atoms with Crippen molar-refractivity contribution in [3.05, 3.63) is 53.9 Å². The fourth-order valence-corrected chi connectivity index (χ4v) is 3.36. The van der Waals surface area contributed by atoms with Crippen molar-refractivity contribution in [3.63, 3.8) is 0 Å². The third-order valence-electron chi connectivity index (χ3n) is 3.42. The van der Waals surface area contributed by atoms with Crippen LogP contribution in [0.5, 0.6) is 5.75 Å². The first-order valence-electron chi connectivity index (χ1n) is 6.36. The standard InChI is InChI=1S/C16H12N2OS/c1-19-12-7-8-14-13(9-12)17-16-18(14)15(10-20-16)11-5-3-2-4-6-11/h2-10H,1H3. The van der Waals surface area contributed by atoms with Crippen molar-refractivity contribution in [3.8, 4) is 17.0 Å². The Labute approximate surface area is 120 Å². The molecule has 4 aromatic rings. The van der Waals surface area contributed by atoms with Gasteiger partial charge in [-0.2, -0.15) is 0 Å². The first-order valence-corrected chi connectivity index (χ1v) is 7.24. The zero-order valence-corrected chi connectivity index (χ0v) is 11.7. The molecule has 98 valence electrons. The van der Waals surface area contributed by atoms with E-state index in [2.05, 4.69) is 45.1 Å². The summed E-state index contributed by atoms with van der Waals surface area (Å²) in [5.41, 5.74) is 4.46. The van der Waals surface area contributed by atoms with Gasteiger partial charge in [0.25, 0.3) is 0 Å². The number of hydrogen-bond donors (Lipinski definition) is 0. The maximum Gasteiger partial charge on any atom is 0.195 e. The van der Waals surface area contributed by atoms with Gasteiger partial charge in [0.2, 0.25) is 0 Å². The van der Waals surface area contributed by atoms with Gasteiger partial charge in [0, 0.05) is 11.4 Å². The van der Waals surface area contributed by atoms with Crippen LogP contribution in [-0.4, -0.2) is 16.5 Å². The molecule has 0 atom stereocenters. The summed E-state index contributed by atoms with van der Waals surface area (Å²) in [4.78, 5) is 5.68. The summed E-state index contributed by atoms with van der Waals surface area (Å²) in [5.74, 6) is 0.838. The molecular weight excluding hydrogens is 268 g/mol. The van der Waals surface area contributed by atoms with Crippen LogP contribution in [0.15, 0.2) is 53.9 Å². The minimum atomic E-state index is 0.838. The Morgan fingerprint density at radius 3 is 2.75 bits per heavy atom. The molecule has 2 heterocycles. The lowest BCUT2D eigenvalue weighted by atomic mass is 10.2. The molecule has 0 spiro atoms. The second-order valence-corrected chi connectivity index (χ2v) is 5.41. The van der Waals surface area contributed by atoms with Gasteiger partial charge in [-0.05, 0) is 17.7 Å². The van der Waals surface area contributed by atoms with Gasteiger partial charge in [-0.1, -0.05) is 30.3 Å². The molecular formula is C16H12N2OS. The van der Waals surface area contributed by atoms with Gasteiger partial charge >= 0.3 is 0 Å². The van der Waals surface area contributed by atoms with Gasteiger partial charge in [-0.15, -0.1) is 11.3 Å². The highest BCUT2D eigenvalue weighted by molar-refractivity contribution is 7.15. The summed E-state index contributed by atoms with van der Waals surface area (Å²) >= 11 is 1.66. The van der Waals surface area contributed by atoms with E-state index in [4.69, 9.17) is 4.74 Å². The topological polar surface area (TPSA) is 26.5 Å². The van der Waals surface area contributed by atoms with E-state index in [-0.39, 0.29) is 0 Å². The number of fused-ring (bicyclic) bond motifs is 3. The predicted molar refractivity (Wildman–Crippen MR) is 82.6 cm³/mol. The van der Waals surface area contributed by atoms with Crippen molar-refractivity contribution in [1.29, 1.82) is 0 Å². The lowest BCUT2D eigenvalue weighted by molar-refractivity contribution is 0.415. The van der Waals surface area contributed by atoms with E-state index in [0.29, 0.717) is 0 Å². The number of methoxy groups -OCH3 is 1. The Hall–Kier alpha value is -2.33. The van der Waals surface area contributed by atoms with Crippen LogP contribution < -0.4 is 4.74 Å². The van der Waals surface area contributed by atoms with Crippen molar-refractivity contribution in [2.75, 3.05) is 7.11 Å². The highest BCUT2D eigenvalue weighted by atomic mass is 32.1. The molecule has 0 amide bonds. The fourth-order valence-electron chi connectivity index (χ4n) is 2.44. The van der Waals surface area contributed by atoms with Crippen LogP contribution in [0.3, 0.4) is 0 Å². The van der Waals surface area contributed by atoms with Gasteiger partial charge in [0.05, 0.1) is 23.8 Å². The van der Waals surface area contributed by atoms with Crippen LogP contribution in [-0.2, 0) is 0 Å². The zero-order chi connectivity index (χ0) is 13.5. The number of benzene rings is 2. The summed E-state index contributed by atoms with van der Waals surface area (Å²) < 4.78 is 7.47. The Bertz CT molecular complexity index is 893. The average molecular weight is 280 g/mol. The minimum Gasteiger partial charge on any atom is -0.497 e. The van der Waals surface area contributed by atoms with Crippen molar-refractivity contribution in [1.82, 2.24) is 9.38 Å². The second-order valence-electron chi connectivity index (χ2n) is 4.57. The Morgan fingerprint density at radius 1 is 1.10 bits per heavy atom.